The van der Waals surface area contributed by atoms with Crippen LogP contribution in [0.1, 0.15) is 44.9 Å². The van der Waals surface area contributed by atoms with Crippen molar-refractivity contribution in [1.29, 1.82) is 0 Å². The predicted molar refractivity (Wildman–Crippen MR) is 65.3 cm³/mol. The Balaban J connectivity index is 1.59. The van der Waals surface area contributed by atoms with Crippen LogP contribution in [0.15, 0.2) is 0 Å². The number of carbonyl (C=O) groups is 1. The molecule has 2 rings (SSSR count). The van der Waals surface area contributed by atoms with E-state index in [0.29, 0.717) is 5.91 Å². The molecule has 2 fully saturated rings. The highest BCUT2D eigenvalue weighted by atomic mass is 16.2. The molecule has 2 aliphatic rings. The van der Waals surface area contributed by atoms with E-state index in [-0.39, 0.29) is 0 Å². The summed E-state index contributed by atoms with van der Waals surface area (Å²) in [4.78, 5) is 13.9. The molecule has 16 heavy (non-hydrogen) atoms. The first-order valence-corrected chi connectivity index (χ1v) is 6.85. The second-order valence-corrected chi connectivity index (χ2v) is 5.17. The maximum atomic E-state index is 11.9. The van der Waals surface area contributed by atoms with Gasteiger partial charge in [0.05, 0.1) is 0 Å². The average Bonchev–Trinajstić information content (AvgIpc) is 2.83. The molecule has 1 saturated carbocycles. The molecule has 0 aromatic carbocycles. The Bertz CT molecular complexity index is 218. The number of carbonyl (C=O) groups excluding carboxylic acids is 1. The molecule has 0 spiro atoms. The van der Waals surface area contributed by atoms with Crippen molar-refractivity contribution in [2.75, 3.05) is 26.2 Å². The number of amides is 1. The van der Waals surface area contributed by atoms with Crippen molar-refractivity contribution >= 4 is 5.91 Å². The number of rotatable bonds is 4. The van der Waals surface area contributed by atoms with Crippen LogP contribution in [-0.4, -0.2) is 37.0 Å². The maximum absolute atomic E-state index is 11.9. The van der Waals surface area contributed by atoms with E-state index in [0.717, 1.165) is 44.9 Å². The van der Waals surface area contributed by atoms with Crippen LogP contribution in [0.5, 0.6) is 0 Å². The zero-order chi connectivity index (χ0) is 11.2. The van der Waals surface area contributed by atoms with E-state index >= 15 is 0 Å². The molecular formula is C13H24N2O. The van der Waals surface area contributed by atoms with E-state index < -0.39 is 0 Å². The predicted octanol–water partition coefficient (Wildman–Crippen LogP) is 1.78. The summed E-state index contributed by atoms with van der Waals surface area (Å²) in [5.41, 5.74) is 0. The van der Waals surface area contributed by atoms with E-state index in [4.69, 9.17) is 0 Å². The fourth-order valence-corrected chi connectivity index (χ4v) is 2.91. The molecule has 1 heterocycles. The lowest BCUT2D eigenvalue weighted by Gasteiger charge is -2.27. The van der Waals surface area contributed by atoms with E-state index in [1.54, 1.807) is 0 Å². The highest BCUT2D eigenvalue weighted by Crippen LogP contribution is 2.28. The summed E-state index contributed by atoms with van der Waals surface area (Å²) in [6, 6.07) is 0. The van der Waals surface area contributed by atoms with Crippen LogP contribution in [0.2, 0.25) is 0 Å². The van der Waals surface area contributed by atoms with Crippen LogP contribution in [0, 0.1) is 5.92 Å². The zero-order valence-corrected chi connectivity index (χ0v) is 10.2. The van der Waals surface area contributed by atoms with Crippen molar-refractivity contribution in [1.82, 2.24) is 10.2 Å². The van der Waals surface area contributed by atoms with Gasteiger partial charge in [0.25, 0.3) is 0 Å². The smallest absolute Gasteiger partial charge is 0.222 e. The van der Waals surface area contributed by atoms with Gasteiger partial charge in [-0.3, -0.25) is 4.79 Å². The van der Waals surface area contributed by atoms with Crippen molar-refractivity contribution in [2.24, 2.45) is 5.92 Å². The van der Waals surface area contributed by atoms with Gasteiger partial charge in [-0.15, -0.1) is 0 Å². The van der Waals surface area contributed by atoms with Gasteiger partial charge in [-0.05, 0) is 18.8 Å². The lowest BCUT2D eigenvalue weighted by molar-refractivity contribution is -0.131. The lowest BCUT2D eigenvalue weighted by Crippen LogP contribution is -2.46. The second-order valence-electron chi connectivity index (χ2n) is 5.17. The van der Waals surface area contributed by atoms with Gasteiger partial charge in [-0.2, -0.15) is 0 Å². The van der Waals surface area contributed by atoms with Crippen LogP contribution >= 0.6 is 0 Å². The van der Waals surface area contributed by atoms with E-state index in [2.05, 4.69) is 5.32 Å². The van der Waals surface area contributed by atoms with Crippen molar-refractivity contribution in [3.63, 3.8) is 0 Å². The molecule has 1 amide bonds. The van der Waals surface area contributed by atoms with Gasteiger partial charge in [0.2, 0.25) is 5.91 Å². The molecule has 0 radical (unpaired) electrons. The van der Waals surface area contributed by atoms with Crippen molar-refractivity contribution in [3.05, 3.63) is 0 Å². The summed E-state index contributed by atoms with van der Waals surface area (Å²) in [5, 5.41) is 3.28. The summed E-state index contributed by atoms with van der Waals surface area (Å²) in [6.07, 6.45) is 8.79. The first-order chi connectivity index (χ1) is 7.86. The highest BCUT2D eigenvalue weighted by Gasteiger charge is 2.18. The summed E-state index contributed by atoms with van der Waals surface area (Å²) in [7, 11) is 0. The zero-order valence-electron chi connectivity index (χ0n) is 10.2. The SMILES string of the molecule is O=C(CCCC1CCCC1)N1CCNCC1. The average molecular weight is 224 g/mol. The molecule has 0 atom stereocenters. The van der Waals surface area contributed by atoms with Crippen molar-refractivity contribution in [2.45, 2.75) is 44.9 Å². The number of nitrogens with one attached hydrogen (secondary N) is 1. The van der Waals surface area contributed by atoms with Gasteiger partial charge in [-0.1, -0.05) is 25.7 Å². The maximum Gasteiger partial charge on any atom is 0.222 e. The Labute approximate surface area is 98.6 Å². The minimum atomic E-state index is 0.375. The van der Waals surface area contributed by atoms with Crippen molar-refractivity contribution in [3.8, 4) is 0 Å². The van der Waals surface area contributed by atoms with Crippen LogP contribution < -0.4 is 5.32 Å². The summed E-state index contributed by atoms with van der Waals surface area (Å²) < 4.78 is 0. The molecule has 0 aromatic heterocycles. The van der Waals surface area contributed by atoms with Crippen LogP contribution in [-0.2, 0) is 4.79 Å². The molecular weight excluding hydrogens is 200 g/mol. The fraction of sp³-hybridized carbons (Fsp3) is 0.923. The minimum absolute atomic E-state index is 0.375. The summed E-state index contributed by atoms with van der Waals surface area (Å²) in [6.45, 7) is 3.74. The summed E-state index contributed by atoms with van der Waals surface area (Å²) in [5.74, 6) is 1.30. The minimum Gasteiger partial charge on any atom is -0.340 e. The molecule has 1 aliphatic heterocycles. The molecule has 3 nitrogen and oxygen atoms in total. The monoisotopic (exact) mass is 224 g/mol. The molecule has 1 aliphatic carbocycles. The molecule has 0 unspecified atom stereocenters. The molecule has 0 bridgehead atoms. The topological polar surface area (TPSA) is 32.3 Å². The number of piperazine rings is 1. The molecule has 3 heteroatoms. The van der Waals surface area contributed by atoms with Crippen LogP contribution in [0.3, 0.4) is 0 Å². The van der Waals surface area contributed by atoms with Crippen LogP contribution in [0.25, 0.3) is 0 Å². The largest absolute Gasteiger partial charge is 0.340 e. The third kappa shape index (κ3) is 3.48. The summed E-state index contributed by atoms with van der Waals surface area (Å²) >= 11 is 0. The number of hydrogen-bond donors (Lipinski definition) is 1. The molecule has 92 valence electrons. The number of hydrogen-bond acceptors (Lipinski definition) is 2. The highest BCUT2D eigenvalue weighted by molar-refractivity contribution is 5.76. The Morgan fingerprint density at radius 1 is 1.19 bits per heavy atom. The molecule has 0 aromatic rings. The third-order valence-electron chi connectivity index (χ3n) is 3.95. The standard InChI is InChI=1S/C13H24N2O/c16-13(15-10-8-14-9-11-15)7-3-6-12-4-1-2-5-12/h12,14H,1-11H2. The van der Waals surface area contributed by atoms with E-state index in [9.17, 15) is 4.79 Å². The Hall–Kier alpha value is -0.570. The van der Waals surface area contributed by atoms with Crippen molar-refractivity contribution < 1.29 is 4.79 Å². The first-order valence-electron chi connectivity index (χ1n) is 6.85. The lowest BCUT2D eigenvalue weighted by atomic mass is 10.0. The normalized spacial score (nSPS) is 22.6. The van der Waals surface area contributed by atoms with E-state index in [1.165, 1.54) is 32.1 Å². The number of nitrogens with zero attached hydrogens (tertiary/aromatic N) is 1. The molecule has 1 saturated heterocycles. The molecule has 1 N–H and O–H groups in total. The quantitative estimate of drug-likeness (QED) is 0.789. The van der Waals surface area contributed by atoms with E-state index in [1.807, 2.05) is 4.90 Å². The van der Waals surface area contributed by atoms with Gasteiger partial charge in [0.1, 0.15) is 0 Å². The first kappa shape index (κ1) is 11.9. The van der Waals surface area contributed by atoms with Gasteiger partial charge in [0.15, 0.2) is 0 Å². The van der Waals surface area contributed by atoms with Gasteiger partial charge < -0.3 is 10.2 Å². The Kier molecular flexibility index (Phi) is 4.64. The Morgan fingerprint density at radius 3 is 2.56 bits per heavy atom. The fourth-order valence-electron chi connectivity index (χ4n) is 2.91. The second kappa shape index (κ2) is 6.24. The van der Waals surface area contributed by atoms with Crippen LogP contribution in [0.4, 0.5) is 0 Å². The van der Waals surface area contributed by atoms with Gasteiger partial charge in [-0.25, -0.2) is 0 Å². The third-order valence-corrected chi connectivity index (χ3v) is 3.95. The Morgan fingerprint density at radius 2 is 1.88 bits per heavy atom. The van der Waals surface area contributed by atoms with Gasteiger partial charge >= 0.3 is 0 Å². The van der Waals surface area contributed by atoms with Gasteiger partial charge in [0, 0.05) is 32.6 Å².